The summed E-state index contributed by atoms with van der Waals surface area (Å²) < 4.78 is 1.08. The molecule has 2 nitrogen and oxygen atoms in total. The average Bonchev–Trinajstić information content (AvgIpc) is 2.15. The molecule has 0 aliphatic carbocycles. The van der Waals surface area contributed by atoms with Crippen molar-refractivity contribution in [3.8, 4) is 0 Å². The van der Waals surface area contributed by atoms with Gasteiger partial charge in [0.05, 0.1) is 4.47 Å². The molecule has 0 saturated heterocycles. The Balaban J connectivity index is 2.71. The normalized spacial score (nSPS) is 10.4. The first-order valence-electron chi connectivity index (χ1n) is 4.17. The monoisotopic (exact) mass is 260 g/mol. The zero-order valence-corrected chi connectivity index (χ0v) is 10.2. The molecular formula is C9H13BrN2S. The molecule has 0 unspecified atom stereocenters. The highest BCUT2D eigenvalue weighted by atomic mass is 79.9. The molecule has 0 atom stereocenters. The third-order valence-corrected chi connectivity index (χ3v) is 3.22. The van der Waals surface area contributed by atoms with Crippen LogP contribution in [0, 0.1) is 0 Å². The molecule has 4 heteroatoms. The van der Waals surface area contributed by atoms with E-state index in [4.69, 9.17) is 0 Å². The maximum absolute atomic E-state index is 4.33. The molecule has 0 aromatic carbocycles. The van der Waals surface area contributed by atoms with Crippen molar-refractivity contribution < 1.29 is 0 Å². The van der Waals surface area contributed by atoms with Gasteiger partial charge in [0.15, 0.2) is 0 Å². The molecule has 0 saturated carbocycles. The van der Waals surface area contributed by atoms with Crippen molar-refractivity contribution in [3.63, 3.8) is 0 Å². The Morgan fingerprint density at radius 2 is 2.38 bits per heavy atom. The molecule has 0 spiro atoms. The van der Waals surface area contributed by atoms with Crippen LogP contribution >= 0.6 is 27.7 Å². The summed E-state index contributed by atoms with van der Waals surface area (Å²) in [4.78, 5) is 4.33. The maximum Gasteiger partial charge on any atom is 0.110 e. The van der Waals surface area contributed by atoms with Gasteiger partial charge in [-0.1, -0.05) is 6.92 Å². The van der Waals surface area contributed by atoms with Crippen molar-refractivity contribution in [2.75, 3.05) is 12.8 Å². The molecule has 13 heavy (non-hydrogen) atoms. The largest absolute Gasteiger partial charge is 0.313 e. The molecule has 0 aliphatic rings. The highest BCUT2D eigenvalue weighted by Crippen LogP contribution is 2.23. The van der Waals surface area contributed by atoms with Gasteiger partial charge < -0.3 is 5.32 Å². The number of aromatic nitrogens is 1. The highest BCUT2D eigenvalue weighted by Gasteiger charge is 2.00. The van der Waals surface area contributed by atoms with Crippen molar-refractivity contribution >= 4 is 27.7 Å². The zero-order valence-electron chi connectivity index (χ0n) is 7.80. The number of pyridine rings is 1. The van der Waals surface area contributed by atoms with Crippen molar-refractivity contribution in [2.45, 2.75) is 18.5 Å². The van der Waals surface area contributed by atoms with E-state index >= 15 is 0 Å². The van der Waals surface area contributed by atoms with E-state index in [1.807, 2.05) is 12.5 Å². The lowest BCUT2D eigenvalue weighted by atomic mass is 10.3. The van der Waals surface area contributed by atoms with Crippen LogP contribution in [0.3, 0.4) is 0 Å². The number of halogens is 1. The minimum absolute atomic E-state index is 0.886. The van der Waals surface area contributed by atoms with Gasteiger partial charge in [-0.2, -0.15) is 0 Å². The van der Waals surface area contributed by atoms with Gasteiger partial charge in [-0.3, -0.25) is 0 Å². The first-order chi connectivity index (χ1) is 6.27. The first kappa shape index (κ1) is 11.0. The summed E-state index contributed by atoms with van der Waals surface area (Å²) in [5.41, 5.74) is 1.21. The van der Waals surface area contributed by atoms with E-state index in [0.29, 0.717) is 0 Å². The molecular weight excluding hydrogens is 248 g/mol. The van der Waals surface area contributed by atoms with Crippen molar-refractivity contribution in [1.29, 1.82) is 0 Å². The van der Waals surface area contributed by atoms with E-state index in [9.17, 15) is 0 Å². The summed E-state index contributed by atoms with van der Waals surface area (Å²) >= 11 is 5.14. The van der Waals surface area contributed by atoms with Crippen LogP contribution in [0.25, 0.3) is 0 Å². The lowest BCUT2D eigenvalue weighted by Gasteiger charge is -2.04. The maximum atomic E-state index is 4.33. The minimum atomic E-state index is 0.886. The topological polar surface area (TPSA) is 24.9 Å². The molecule has 0 amide bonds. The van der Waals surface area contributed by atoms with Crippen LogP contribution in [0.4, 0.5) is 0 Å². The summed E-state index contributed by atoms with van der Waals surface area (Å²) in [5, 5.41) is 4.30. The van der Waals surface area contributed by atoms with E-state index in [1.54, 1.807) is 11.8 Å². The second kappa shape index (κ2) is 5.62. The van der Waals surface area contributed by atoms with Gasteiger partial charge in [-0.25, -0.2) is 4.98 Å². The predicted molar refractivity (Wildman–Crippen MR) is 61.1 cm³/mol. The lowest BCUT2D eigenvalue weighted by Crippen LogP contribution is -2.11. The molecule has 0 aliphatic heterocycles. The fourth-order valence-electron chi connectivity index (χ4n) is 0.981. The standard InChI is InChI=1S/C9H13BrN2S/c1-3-11-5-7-4-8(10)9(13-2)12-6-7/h4,6,11H,3,5H2,1-2H3. The Morgan fingerprint density at radius 3 is 2.92 bits per heavy atom. The average molecular weight is 261 g/mol. The van der Waals surface area contributed by atoms with Crippen LogP contribution in [0.1, 0.15) is 12.5 Å². The third kappa shape index (κ3) is 3.29. The fourth-order valence-corrected chi connectivity index (χ4v) is 2.28. The third-order valence-electron chi connectivity index (χ3n) is 1.64. The number of rotatable bonds is 4. The van der Waals surface area contributed by atoms with E-state index in [1.165, 1.54) is 5.56 Å². The van der Waals surface area contributed by atoms with Crippen molar-refractivity contribution in [1.82, 2.24) is 10.3 Å². The molecule has 0 fully saturated rings. The molecule has 1 rings (SSSR count). The SMILES string of the molecule is CCNCc1cnc(SC)c(Br)c1. The molecule has 72 valence electrons. The first-order valence-corrected chi connectivity index (χ1v) is 6.18. The van der Waals surface area contributed by atoms with Crippen LogP contribution in [-0.2, 0) is 6.54 Å². The van der Waals surface area contributed by atoms with Gasteiger partial charge in [-0.15, -0.1) is 11.8 Å². The fraction of sp³-hybridized carbons (Fsp3) is 0.444. The number of nitrogens with zero attached hydrogens (tertiary/aromatic N) is 1. The minimum Gasteiger partial charge on any atom is -0.313 e. The number of nitrogens with one attached hydrogen (secondary N) is 1. The summed E-state index contributed by atoms with van der Waals surface area (Å²) in [5.74, 6) is 0. The summed E-state index contributed by atoms with van der Waals surface area (Å²) in [6.45, 7) is 3.97. The molecule has 1 N–H and O–H groups in total. The smallest absolute Gasteiger partial charge is 0.110 e. The molecule has 0 bridgehead atoms. The van der Waals surface area contributed by atoms with E-state index < -0.39 is 0 Å². The molecule has 0 radical (unpaired) electrons. The Morgan fingerprint density at radius 1 is 1.62 bits per heavy atom. The van der Waals surface area contributed by atoms with Gasteiger partial charge >= 0.3 is 0 Å². The predicted octanol–water partition coefficient (Wildman–Crippen LogP) is 2.68. The van der Waals surface area contributed by atoms with Gasteiger partial charge in [0.2, 0.25) is 0 Å². The molecule has 1 aromatic heterocycles. The Labute approximate surface area is 91.7 Å². The van der Waals surface area contributed by atoms with Gasteiger partial charge in [0, 0.05) is 12.7 Å². The second-order valence-corrected chi connectivity index (χ2v) is 4.26. The lowest BCUT2D eigenvalue weighted by molar-refractivity contribution is 0.722. The summed E-state index contributed by atoms with van der Waals surface area (Å²) in [7, 11) is 0. The van der Waals surface area contributed by atoms with Gasteiger partial charge in [0.1, 0.15) is 5.03 Å². The quantitative estimate of drug-likeness (QED) is 0.843. The summed E-state index contributed by atoms with van der Waals surface area (Å²) in [6.07, 6.45) is 3.94. The van der Waals surface area contributed by atoms with Crippen LogP contribution in [0.2, 0.25) is 0 Å². The Kier molecular flexibility index (Phi) is 4.77. The van der Waals surface area contributed by atoms with Gasteiger partial charge in [0.25, 0.3) is 0 Å². The Hall–Kier alpha value is -0.0600. The number of hydrogen-bond acceptors (Lipinski definition) is 3. The van der Waals surface area contributed by atoms with E-state index in [0.717, 1.165) is 22.6 Å². The summed E-state index contributed by atoms with van der Waals surface area (Å²) in [6, 6.07) is 2.11. The van der Waals surface area contributed by atoms with Crippen LogP contribution in [0.5, 0.6) is 0 Å². The zero-order chi connectivity index (χ0) is 9.68. The molecule has 1 heterocycles. The second-order valence-electron chi connectivity index (χ2n) is 2.61. The molecule has 1 aromatic rings. The van der Waals surface area contributed by atoms with Crippen molar-refractivity contribution in [2.24, 2.45) is 0 Å². The van der Waals surface area contributed by atoms with Crippen molar-refractivity contribution in [3.05, 3.63) is 22.3 Å². The van der Waals surface area contributed by atoms with Crippen LogP contribution in [0.15, 0.2) is 21.8 Å². The highest BCUT2D eigenvalue weighted by molar-refractivity contribution is 9.10. The van der Waals surface area contributed by atoms with E-state index in [2.05, 4.69) is 39.2 Å². The van der Waals surface area contributed by atoms with Crippen LogP contribution in [-0.4, -0.2) is 17.8 Å². The number of hydrogen-bond donors (Lipinski definition) is 1. The van der Waals surface area contributed by atoms with E-state index in [-0.39, 0.29) is 0 Å². The number of thioether (sulfide) groups is 1. The van der Waals surface area contributed by atoms with Gasteiger partial charge in [-0.05, 0) is 40.4 Å². The Bertz CT molecular complexity index is 278. The van der Waals surface area contributed by atoms with Crippen LogP contribution < -0.4 is 5.32 Å².